The van der Waals surface area contributed by atoms with Gasteiger partial charge in [-0.15, -0.1) is 0 Å². The van der Waals surface area contributed by atoms with Crippen LogP contribution in [0.15, 0.2) is 22.9 Å². The summed E-state index contributed by atoms with van der Waals surface area (Å²) in [6.45, 7) is 11.9. The van der Waals surface area contributed by atoms with Crippen LogP contribution >= 0.6 is 11.3 Å². The van der Waals surface area contributed by atoms with Crippen LogP contribution in [0, 0.1) is 27.7 Å². The second-order valence-electron chi connectivity index (χ2n) is 5.29. The molecule has 0 aliphatic heterocycles. The molecule has 2 aromatic rings. The average Bonchev–Trinajstić information content (AvgIpc) is 2.77. The van der Waals surface area contributed by atoms with Crippen LogP contribution < -0.4 is 5.32 Å². The van der Waals surface area contributed by atoms with E-state index in [0.29, 0.717) is 6.04 Å². The van der Waals surface area contributed by atoms with Crippen LogP contribution in [0.1, 0.15) is 46.3 Å². The van der Waals surface area contributed by atoms with E-state index in [2.05, 4.69) is 62.8 Å². The van der Waals surface area contributed by atoms with E-state index in [1.807, 2.05) is 0 Å². The highest BCUT2D eigenvalue weighted by Crippen LogP contribution is 2.30. The van der Waals surface area contributed by atoms with E-state index in [1.54, 1.807) is 11.3 Å². The fourth-order valence-electron chi connectivity index (χ4n) is 2.55. The van der Waals surface area contributed by atoms with Gasteiger partial charge in [-0.1, -0.05) is 19.1 Å². The summed E-state index contributed by atoms with van der Waals surface area (Å²) in [6.07, 6.45) is 0. The van der Waals surface area contributed by atoms with Crippen molar-refractivity contribution >= 4 is 11.3 Å². The molecule has 0 saturated heterocycles. The zero-order valence-corrected chi connectivity index (χ0v) is 13.3. The molecule has 1 heterocycles. The molecule has 1 unspecified atom stereocenters. The molecule has 0 radical (unpaired) electrons. The molecule has 1 N–H and O–H groups in total. The number of benzene rings is 1. The van der Waals surface area contributed by atoms with E-state index < -0.39 is 0 Å². The Morgan fingerprint density at radius 2 is 1.58 bits per heavy atom. The van der Waals surface area contributed by atoms with Gasteiger partial charge in [-0.2, -0.15) is 11.3 Å². The maximum absolute atomic E-state index is 3.64. The first-order chi connectivity index (χ1) is 9.04. The SMILES string of the molecule is CCNC(c1cscc1C)c1cc(C)c(C)cc1C. The minimum atomic E-state index is 0.315. The van der Waals surface area contributed by atoms with Gasteiger partial charge in [0, 0.05) is 0 Å². The first-order valence-electron chi connectivity index (χ1n) is 6.88. The Bertz CT molecular complexity index is 569. The van der Waals surface area contributed by atoms with Crippen LogP contribution in [-0.2, 0) is 0 Å². The van der Waals surface area contributed by atoms with Crippen molar-refractivity contribution in [2.24, 2.45) is 0 Å². The summed E-state index contributed by atoms with van der Waals surface area (Å²) in [4.78, 5) is 0. The summed E-state index contributed by atoms with van der Waals surface area (Å²) in [6, 6.07) is 4.96. The van der Waals surface area contributed by atoms with Crippen molar-refractivity contribution in [1.82, 2.24) is 5.32 Å². The summed E-state index contributed by atoms with van der Waals surface area (Å²) in [5.41, 5.74) is 8.33. The largest absolute Gasteiger partial charge is 0.306 e. The van der Waals surface area contributed by atoms with Crippen molar-refractivity contribution in [3.8, 4) is 0 Å². The predicted molar refractivity (Wildman–Crippen MR) is 85.2 cm³/mol. The minimum absolute atomic E-state index is 0.315. The van der Waals surface area contributed by atoms with Crippen molar-refractivity contribution in [3.05, 3.63) is 56.3 Å². The number of aryl methyl sites for hydroxylation is 4. The lowest BCUT2D eigenvalue weighted by molar-refractivity contribution is 0.626. The van der Waals surface area contributed by atoms with Gasteiger partial charge in [-0.05, 0) is 78.4 Å². The van der Waals surface area contributed by atoms with Crippen molar-refractivity contribution in [2.45, 2.75) is 40.7 Å². The molecule has 2 heteroatoms. The lowest BCUT2D eigenvalue weighted by atomic mass is 9.91. The van der Waals surface area contributed by atoms with Crippen LogP contribution in [0.2, 0.25) is 0 Å². The van der Waals surface area contributed by atoms with Crippen molar-refractivity contribution in [1.29, 1.82) is 0 Å². The molecular weight excluding hydrogens is 250 g/mol. The van der Waals surface area contributed by atoms with Gasteiger partial charge in [0.15, 0.2) is 0 Å². The number of rotatable bonds is 4. The quantitative estimate of drug-likeness (QED) is 0.853. The molecule has 0 aliphatic rings. The highest BCUT2D eigenvalue weighted by atomic mass is 32.1. The Morgan fingerprint density at radius 3 is 2.16 bits per heavy atom. The summed E-state index contributed by atoms with van der Waals surface area (Å²) < 4.78 is 0. The highest BCUT2D eigenvalue weighted by molar-refractivity contribution is 7.08. The van der Waals surface area contributed by atoms with E-state index >= 15 is 0 Å². The van der Waals surface area contributed by atoms with Crippen LogP contribution in [-0.4, -0.2) is 6.54 Å². The normalized spacial score (nSPS) is 12.7. The van der Waals surface area contributed by atoms with E-state index in [1.165, 1.54) is 33.4 Å². The lowest BCUT2D eigenvalue weighted by Gasteiger charge is -2.22. The Hall–Kier alpha value is -1.12. The second kappa shape index (κ2) is 5.89. The van der Waals surface area contributed by atoms with E-state index in [9.17, 15) is 0 Å². The Balaban J connectivity index is 2.51. The molecular formula is C17H23NS. The van der Waals surface area contributed by atoms with Gasteiger partial charge in [0.25, 0.3) is 0 Å². The number of nitrogens with one attached hydrogen (secondary N) is 1. The Labute approximate surface area is 120 Å². The molecule has 1 atom stereocenters. The maximum atomic E-state index is 3.64. The van der Waals surface area contributed by atoms with Crippen molar-refractivity contribution < 1.29 is 0 Å². The minimum Gasteiger partial charge on any atom is -0.306 e. The number of thiophene rings is 1. The molecule has 1 aromatic carbocycles. The molecule has 19 heavy (non-hydrogen) atoms. The Morgan fingerprint density at radius 1 is 0.895 bits per heavy atom. The van der Waals surface area contributed by atoms with Gasteiger partial charge in [0.05, 0.1) is 6.04 Å². The molecule has 0 aliphatic carbocycles. The zero-order valence-electron chi connectivity index (χ0n) is 12.5. The molecule has 0 fully saturated rings. The highest BCUT2D eigenvalue weighted by Gasteiger charge is 2.18. The van der Waals surface area contributed by atoms with E-state index in [4.69, 9.17) is 0 Å². The van der Waals surface area contributed by atoms with Gasteiger partial charge in [-0.3, -0.25) is 0 Å². The van der Waals surface area contributed by atoms with Gasteiger partial charge in [-0.25, -0.2) is 0 Å². The molecule has 1 nitrogen and oxygen atoms in total. The monoisotopic (exact) mass is 273 g/mol. The van der Waals surface area contributed by atoms with Crippen molar-refractivity contribution in [3.63, 3.8) is 0 Å². The maximum Gasteiger partial charge on any atom is 0.0590 e. The third kappa shape index (κ3) is 2.90. The van der Waals surface area contributed by atoms with Crippen LogP contribution in [0.4, 0.5) is 0 Å². The molecule has 102 valence electrons. The molecule has 0 spiro atoms. The smallest absolute Gasteiger partial charge is 0.0590 e. The van der Waals surface area contributed by atoms with E-state index in [-0.39, 0.29) is 0 Å². The van der Waals surface area contributed by atoms with Gasteiger partial charge in [0.2, 0.25) is 0 Å². The summed E-state index contributed by atoms with van der Waals surface area (Å²) in [5, 5.41) is 8.14. The zero-order chi connectivity index (χ0) is 14.0. The predicted octanol–water partition coefficient (Wildman–Crippen LogP) is 4.68. The topological polar surface area (TPSA) is 12.0 Å². The summed E-state index contributed by atoms with van der Waals surface area (Å²) in [7, 11) is 0. The van der Waals surface area contributed by atoms with Gasteiger partial charge in [0.1, 0.15) is 0 Å². The van der Waals surface area contributed by atoms with E-state index in [0.717, 1.165) is 6.54 Å². The second-order valence-corrected chi connectivity index (χ2v) is 6.04. The number of hydrogen-bond acceptors (Lipinski definition) is 2. The van der Waals surface area contributed by atoms with Gasteiger partial charge >= 0.3 is 0 Å². The van der Waals surface area contributed by atoms with Crippen LogP contribution in [0.5, 0.6) is 0 Å². The molecule has 1 aromatic heterocycles. The average molecular weight is 273 g/mol. The van der Waals surface area contributed by atoms with Crippen molar-refractivity contribution in [2.75, 3.05) is 6.54 Å². The lowest BCUT2D eigenvalue weighted by Crippen LogP contribution is -2.23. The Kier molecular flexibility index (Phi) is 4.43. The third-order valence-corrected chi connectivity index (χ3v) is 4.69. The molecule has 2 rings (SSSR count). The fraction of sp³-hybridized carbons (Fsp3) is 0.412. The number of hydrogen-bond donors (Lipinski definition) is 1. The first kappa shape index (κ1) is 14.3. The fourth-order valence-corrected chi connectivity index (χ4v) is 3.43. The van der Waals surface area contributed by atoms with Gasteiger partial charge < -0.3 is 5.32 Å². The molecule has 0 saturated carbocycles. The third-order valence-electron chi connectivity index (χ3n) is 3.81. The summed E-state index contributed by atoms with van der Waals surface area (Å²) in [5.74, 6) is 0. The van der Waals surface area contributed by atoms with Crippen LogP contribution in [0.25, 0.3) is 0 Å². The van der Waals surface area contributed by atoms with Crippen LogP contribution in [0.3, 0.4) is 0 Å². The molecule has 0 amide bonds. The summed E-state index contributed by atoms with van der Waals surface area (Å²) >= 11 is 1.79. The standard InChI is InChI=1S/C17H23NS/c1-6-18-17(16-10-19-9-14(16)5)15-8-12(3)11(2)7-13(15)4/h7-10,17-18H,6H2,1-5H3. The molecule has 0 bridgehead atoms. The first-order valence-corrected chi connectivity index (χ1v) is 7.82.